The molecule has 0 aliphatic rings. The first kappa shape index (κ1) is 23.0. The Balaban J connectivity index is 1.50. The van der Waals surface area contributed by atoms with Gasteiger partial charge in [-0.3, -0.25) is 4.79 Å². The third kappa shape index (κ3) is 5.25. The third-order valence-corrected chi connectivity index (χ3v) is 5.68. The van der Waals surface area contributed by atoms with E-state index in [0.717, 1.165) is 21.9 Å². The Morgan fingerprint density at radius 1 is 1.09 bits per heavy atom. The molecule has 4 aromatic carbocycles. The number of nitriles is 1. The highest BCUT2D eigenvalue weighted by molar-refractivity contribution is 6.32. The van der Waals surface area contributed by atoms with Gasteiger partial charge in [-0.1, -0.05) is 54.1 Å². The van der Waals surface area contributed by atoms with Crippen LogP contribution in [0.4, 0.5) is 10.1 Å². The number of ether oxygens (including phenoxy) is 1. The lowest BCUT2D eigenvalue weighted by atomic mass is 10.0. The van der Waals surface area contributed by atoms with Crippen LogP contribution in [0.1, 0.15) is 16.7 Å². The summed E-state index contributed by atoms with van der Waals surface area (Å²) in [7, 11) is 0. The maximum Gasteiger partial charge on any atom is 0.266 e. The van der Waals surface area contributed by atoms with Crippen molar-refractivity contribution in [1.29, 1.82) is 5.26 Å². The Kier molecular flexibility index (Phi) is 6.91. The van der Waals surface area contributed by atoms with Crippen LogP contribution in [0.15, 0.2) is 84.4 Å². The van der Waals surface area contributed by atoms with E-state index in [9.17, 15) is 14.4 Å². The van der Waals surface area contributed by atoms with Crippen LogP contribution in [0, 0.1) is 24.1 Å². The molecule has 0 aromatic heterocycles. The van der Waals surface area contributed by atoms with Crippen molar-refractivity contribution in [2.75, 3.05) is 5.32 Å². The highest BCUT2D eigenvalue weighted by atomic mass is 35.5. The molecule has 0 aliphatic heterocycles. The molecule has 0 unspecified atom stereocenters. The molecule has 0 radical (unpaired) electrons. The van der Waals surface area contributed by atoms with E-state index in [-0.39, 0.29) is 5.57 Å². The number of halogens is 2. The number of rotatable bonds is 6. The molecule has 1 amide bonds. The zero-order valence-corrected chi connectivity index (χ0v) is 19.1. The predicted octanol–water partition coefficient (Wildman–Crippen LogP) is 7.07. The van der Waals surface area contributed by atoms with Gasteiger partial charge in [0.1, 0.15) is 29.8 Å². The zero-order valence-electron chi connectivity index (χ0n) is 18.3. The molecule has 0 atom stereocenters. The quantitative estimate of drug-likeness (QED) is 0.242. The summed E-state index contributed by atoms with van der Waals surface area (Å²) < 4.78 is 19.1. The van der Waals surface area contributed by atoms with E-state index in [1.54, 1.807) is 18.2 Å². The standard InChI is InChI=1S/C28H20ClFN2O2/c1-18-6-8-20-4-2-3-5-24(20)25(18)17-34-27-13-7-19(15-26(27)29)14-21(16-31)28(33)32-23-11-9-22(30)10-12-23/h2-15H,17H2,1H3,(H,32,33)/b21-14+. The summed E-state index contributed by atoms with van der Waals surface area (Å²) in [5.41, 5.74) is 3.06. The van der Waals surface area contributed by atoms with Gasteiger partial charge in [-0.25, -0.2) is 4.39 Å². The van der Waals surface area contributed by atoms with Gasteiger partial charge in [-0.2, -0.15) is 5.26 Å². The molecule has 34 heavy (non-hydrogen) atoms. The highest BCUT2D eigenvalue weighted by Gasteiger charge is 2.12. The first-order chi connectivity index (χ1) is 16.4. The average molecular weight is 471 g/mol. The van der Waals surface area contributed by atoms with Crippen LogP contribution >= 0.6 is 11.6 Å². The van der Waals surface area contributed by atoms with Crippen molar-refractivity contribution < 1.29 is 13.9 Å². The molecular weight excluding hydrogens is 451 g/mol. The fraction of sp³-hybridized carbons (Fsp3) is 0.0714. The molecule has 4 aromatic rings. The molecule has 0 saturated carbocycles. The molecule has 4 nitrogen and oxygen atoms in total. The number of benzene rings is 4. The van der Waals surface area contributed by atoms with Crippen LogP contribution in [0.5, 0.6) is 5.75 Å². The third-order valence-electron chi connectivity index (χ3n) is 5.38. The van der Waals surface area contributed by atoms with E-state index in [2.05, 4.69) is 29.6 Å². The van der Waals surface area contributed by atoms with Crippen molar-refractivity contribution in [3.8, 4) is 11.8 Å². The molecule has 0 heterocycles. The van der Waals surface area contributed by atoms with Gasteiger partial charge >= 0.3 is 0 Å². The van der Waals surface area contributed by atoms with E-state index < -0.39 is 11.7 Å². The largest absolute Gasteiger partial charge is 0.487 e. The van der Waals surface area contributed by atoms with Crippen molar-refractivity contribution in [2.24, 2.45) is 0 Å². The van der Waals surface area contributed by atoms with Crippen molar-refractivity contribution >= 4 is 40.0 Å². The maximum absolute atomic E-state index is 13.0. The van der Waals surface area contributed by atoms with Crippen LogP contribution in [0.2, 0.25) is 5.02 Å². The number of aryl methyl sites for hydroxylation is 1. The van der Waals surface area contributed by atoms with Crippen LogP contribution in [0.3, 0.4) is 0 Å². The number of hydrogen-bond acceptors (Lipinski definition) is 3. The van der Waals surface area contributed by atoms with Gasteiger partial charge in [0.25, 0.3) is 5.91 Å². The van der Waals surface area contributed by atoms with Gasteiger partial charge in [-0.15, -0.1) is 0 Å². The zero-order chi connectivity index (χ0) is 24.1. The fourth-order valence-electron chi connectivity index (χ4n) is 3.56. The predicted molar refractivity (Wildman–Crippen MR) is 133 cm³/mol. The van der Waals surface area contributed by atoms with Crippen LogP contribution in [0.25, 0.3) is 16.8 Å². The topological polar surface area (TPSA) is 62.1 Å². The number of nitrogens with one attached hydrogen (secondary N) is 1. The lowest BCUT2D eigenvalue weighted by molar-refractivity contribution is -0.112. The molecule has 0 aliphatic carbocycles. The Morgan fingerprint density at radius 3 is 2.59 bits per heavy atom. The summed E-state index contributed by atoms with van der Waals surface area (Å²) in [5.74, 6) is -0.515. The van der Waals surface area contributed by atoms with Crippen LogP contribution < -0.4 is 10.1 Å². The molecule has 0 saturated heterocycles. The Bertz CT molecular complexity index is 1440. The minimum absolute atomic E-state index is 0.111. The Morgan fingerprint density at radius 2 is 1.85 bits per heavy atom. The summed E-state index contributed by atoms with van der Waals surface area (Å²) >= 11 is 6.43. The van der Waals surface area contributed by atoms with Gasteiger partial charge in [0.2, 0.25) is 0 Å². The Hall–Kier alpha value is -4.14. The number of anilines is 1. The SMILES string of the molecule is Cc1ccc2ccccc2c1COc1ccc(/C=C(\C#N)C(=O)Nc2ccc(F)cc2)cc1Cl. The molecule has 1 N–H and O–H groups in total. The number of carbonyl (C=O) groups is 1. The fourth-order valence-corrected chi connectivity index (χ4v) is 3.80. The monoisotopic (exact) mass is 470 g/mol. The lowest BCUT2D eigenvalue weighted by Gasteiger charge is -2.13. The van der Waals surface area contributed by atoms with Crippen LogP contribution in [-0.2, 0) is 11.4 Å². The second kappa shape index (κ2) is 10.2. The highest BCUT2D eigenvalue weighted by Crippen LogP contribution is 2.29. The van der Waals surface area contributed by atoms with Gasteiger partial charge in [0, 0.05) is 11.3 Å². The Labute approximate surface area is 201 Å². The summed E-state index contributed by atoms with van der Waals surface area (Å²) in [6.07, 6.45) is 1.43. The summed E-state index contributed by atoms with van der Waals surface area (Å²) in [4.78, 5) is 12.4. The minimum atomic E-state index is -0.600. The number of amides is 1. The van der Waals surface area contributed by atoms with Crippen molar-refractivity contribution in [2.45, 2.75) is 13.5 Å². The second-order valence-corrected chi connectivity index (χ2v) is 8.10. The smallest absolute Gasteiger partial charge is 0.266 e. The van der Waals surface area contributed by atoms with Crippen molar-refractivity contribution in [3.05, 3.63) is 112 Å². The minimum Gasteiger partial charge on any atom is -0.487 e. The summed E-state index contributed by atoms with van der Waals surface area (Å²) in [6.45, 7) is 2.40. The summed E-state index contributed by atoms with van der Waals surface area (Å²) in [6, 6.07) is 24.5. The number of carbonyl (C=O) groups excluding carboxylic acids is 1. The average Bonchev–Trinajstić information content (AvgIpc) is 2.84. The van der Waals surface area contributed by atoms with Gasteiger partial charge in [0.15, 0.2) is 0 Å². The first-order valence-corrected chi connectivity index (χ1v) is 10.9. The molecule has 0 bridgehead atoms. The van der Waals surface area contributed by atoms with Crippen molar-refractivity contribution in [1.82, 2.24) is 0 Å². The normalized spacial score (nSPS) is 11.2. The van der Waals surface area contributed by atoms with Gasteiger partial charge < -0.3 is 10.1 Å². The molecule has 4 rings (SSSR count). The molecular formula is C28H20ClFN2O2. The number of nitrogens with zero attached hydrogens (tertiary/aromatic N) is 1. The molecule has 0 spiro atoms. The van der Waals surface area contributed by atoms with E-state index in [1.807, 2.05) is 25.1 Å². The first-order valence-electron chi connectivity index (χ1n) is 10.5. The van der Waals surface area contributed by atoms with E-state index >= 15 is 0 Å². The number of fused-ring (bicyclic) bond motifs is 1. The molecule has 168 valence electrons. The van der Waals surface area contributed by atoms with E-state index in [4.69, 9.17) is 16.3 Å². The van der Waals surface area contributed by atoms with Crippen LogP contribution in [-0.4, -0.2) is 5.91 Å². The molecule has 6 heteroatoms. The van der Waals surface area contributed by atoms with E-state index in [1.165, 1.54) is 30.3 Å². The second-order valence-electron chi connectivity index (χ2n) is 7.69. The van der Waals surface area contributed by atoms with Gasteiger partial charge in [0.05, 0.1) is 5.02 Å². The van der Waals surface area contributed by atoms with Crippen molar-refractivity contribution in [3.63, 3.8) is 0 Å². The van der Waals surface area contributed by atoms with Gasteiger partial charge in [-0.05, 0) is 71.3 Å². The lowest BCUT2D eigenvalue weighted by Crippen LogP contribution is -2.13. The number of hydrogen-bond donors (Lipinski definition) is 1. The summed E-state index contributed by atoms with van der Waals surface area (Å²) in [5, 5.41) is 14.6. The molecule has 0 fully saturated rings. The van der Waals surface area contributed by atoms with E-state index in [0.29, 0.717) is 28.6 Å². The maximum atomic E-state index is 13.0.